The van der Waals surface area contributed by atoms with Gasteiger partial charge in [-0.1, -0.05) is 6.07 Å². The number of amides is 1. The maximum Gasteiger partial charge on any atom is 0.234 e. The molecule has 1 unspecified atom stereocenters. The number of benzene rings is 1. The zero-order chi connectivity index (χ0) is 13.3. The standard InChI is InChI=1S/C13H18N2O3/c1-13(2)17-7-9-5-8(3-4-11(9)18-13)6-10(14)12(15)16/h3-5,10H,6-7,14H2,1-2H3,(H2,15,16). The van der Waals surface area contributed by atoms with E-state index in [2.05, 4.69) is 0 Å². The van der Waals surface area contributed by atoms with Crippen molar-refractivity contribution < 1.29 is 14.3 Å². The highest BCUT2D eigenvalue weighted by atomic mass is 16.7. The molecule has 0 fully saturated rings. The fourth-order valence-corrected chi connectivity index (χ4v) is 1.87. The van der Waals surface area contributed by atoms with Crippen LogP contribution in [0.25, 0.3) is 0 Å². The largest absolute Gasteiger partial charge is 0.463 e. The first kappa shape index (κ1) is 12.9. The summed E-state index contributed by atoms with van der Waals surface area (Å²) in [5, 5.41) is 0. The summed E-state index contributed by atoms with van der Waals surface area (Å²) in [6.07, 6.45) is 0.423. The van der Waals surface area contributed by atoms with E-state index in [-0.39, 0.29) is 0 Å². The third-order valence-electron chi connectivity index (χ3n) is 2.88. The molecule has 5 nitrogen and oxygen atoms in total. The van der Waals surface area contributed by atoms with Gasteiger partial charge in [-0.2, -0.15) is 0 Å². The Morgan fingerprint density at radius 2 is 2.22 bits per heavy atom. The molecule has 1 aromatic carbocycles. The summed E-state index contributed by atoms with van der Waals surface area (Å²) in [5.74, 6) is -0.290. The summed E-state index contributed by atoms with van der Waals surface area (Å²) >= 11 is 0. The second kappa shape index (κ2) is 4.59. The number of hydrogen-bond acceptors (Lipinski definition) is 4. The van der Waals surface area contributed by atoms with Crippen molar-refractivity contribution in [3.8, 4) is 5.75 Å². The third kappa shape index (κ3) is 2.80. The molecule has 18 heavy (non-hydrogen) atoms. The van der Waals surface area contributed by atoms with Gasteiger partial charge in [-0.3, -0.25) is 4.79 Å². The summed E-state index contributed by atoms with van der Waals surface area (Å²) in [6.45, 7) is 4.22. The zero-order valence-electron chi connectivity index (χ0n) is 10.6. The molecule has 0 aromatic heterocycles. The third-order valence-corrected chi connectivity index (χ3v) is 2.88. The Bertz CT molecular complexity index is 471. The molecule has 0 spiro atoms. The number of carbonyl (C=O) groups excluding carboxylic acids is 1. The number of rotatable bonds is 3. The topological polar surface area (TPSA) is 87.6 Å². The van der Waals surface area contributed by atoms with Crippen LogP contribution in [0.15, 0.2) is 18.2 Å². The Hall–Kier alpha value is -1.59. The minimum atomic E-state index is -0.662. The monoisotopic (exact) mass is 250 g/mol. The predicted octanol–water partition coefficient (Wildman–Crippen LogP) is 0.687. The SMILES string of the molecule is CC1(C)OCc2cc(CC(N)C(N)=O)ccc2O1. The zero-order valence-corrected chi connectivity index (χ0v) is 10.6. The maximum atomic E-state index is 10.9. The average Bonchev–Trinajstić information content (AvgIpc) is 2.28. The van der Waals surface area contributed by atoms with Gasteiger partial charge in [-0.05, 0) is 24.1 Å². The van der Waals surface area contributed by atoms with Gasteiger partial charge < -0.3 is 20.9 Å². The predicted molar refractivity (Wildman–Crippen MR) is 66.8 cm³/mol. The first-order valence-corrected chi connectivity index (χ1v) is 5.87. The van der Waals surface area contributed by atoms with Crippen LogP contribution in [0.2, 0.25) is 0 Å². The number of carbonyl (C=O) groups is 1. The first-order chi connectivity index (χ1) is 8.37. The molecule has 0 bridgehead atoms. The molecule has 2 rings (SSSR count). The van der Waals surface area contributed by atoms with Crippen molar-refractivity contribution in [1.29, 1.82) is 0 Å². The van der Waals surface area contributed by atoms with Gasteiger partial charge in [0.25, 0.3) is 0 Å². The lowest BCUT2D eigenvalue weighted by molar-refractivity contribution is -0.180. The van der Waals surface area contributed by atoms with Crippen molar-refractivity contribution in [2.24, 2.45) is 11.5 Å². The highest BCUT2D eigenvalue weighted by Crippen LogP contribution is 2.31. The minimum absolute atomic E-state index is 0.423. The van der Waals surface area contributed by atoms with E-state index in [1.54, 1.807) is 0 Å². The average molecular weight is 250 g/mol. The van der Waals surface area contributed by atoms with Crippen molar-refractivity contribution in [1.82, 2.24) is 0 Å². The summed E-state index contributed by atoms with van der Waals surface area (Å²) in [4.78, 5) is 10.9. The molecule has 0 saturated heterocycles. The van der Waals surface area contributed by atoms with Crippen LogP contribution in [0.1, 0.15) is 25.0 Å². The molecule has 98 valence electrons. The van der Waals surface area contributed by atoms with Crippen LogP contribution in [0.4, 0.5) is 0 Å². The Morgan fingerprint density at radius 3 is 2.89 bits per heavy atom. The summed E-state index contributed by atoms with van der Waals surface area (Å²) in [5.41, 5.74) is 12.7. The maximum absolute atomic E-state index is 10.9. The molecule has 1 atom stereocenters. The molecular formula is C13H18N2O3. The first-order valence-electron chi connectivity index (χ1n) is 5.87. The van der Waals surface area contributed by atoms with Crippen molar-refractivity contribution in [3.05, 3.63) is 29.3 Å². The Kier molecular flexibility index (Phi) is 3.28. The van der Waals surface area contributed by atoms with Gasteiger partial charge in [-0.25, -0.2) is 0 Å². The summed E-state index contributed by atoms with van der Waals surface area (Å²) in [6, 6.07) is 5.05. The fourth-order valence-electron chi connectivity index (χ4n) is 1.87. The second-order valence-electron chi connectivity index (χ2n) is 4.95. The van der Waals surface area contributed by atoms with E-state index in [4.69, 9.17) is 20.9 Å². The number of fused-ring (bicyclic) bond motifs is 1. The smallest absolute Gasteiger partial charge is 0.234 e. The molecule has 0 aliphatic carbocycles. The van der Waals surface area contributed by atoms with Gasteiger partial charge >= 0.3 is 0 Å². The van der Waals surface area contributed by atoms with E-state index in [9.17, 15) is 4.79 Å². The van der Waals surface area contributed by atoms with Crippen LogP contribution in [0, 0.1) is 0 Å². The molecule has 1 aromatic rings. The van der Waals surface area contributed by atoms with E-state index in [0.717, 1.165) is 16.9 Å². The van der Waals surface area contributed by atoms with E-state index in [0.29, 0.717) is 13.0 Å². The lowest BCUT2D eigenvalue weighted by Gasteiger charge is -2.32. The van der Waals surface area contributed by atoms with E-state index in [1.165, 1.54) is 0 Å². The van der Waals surface area contributed by atoms with Gasteiger partial charge in [0.05, 0.1) is 12.6 Å². The molecule has 1 aliphatic heterocycles. The van der Waals surface area contributed by atoms with Crippen LogP contribution < -0.4 is 16.2 Å². The summed E-state index contributed by atoms with van der Waals surface area (Å²) < 4.78 is 11.2. The van der Waals surface area contributed by atoms with E-state index >= 15 is 0 Å². The molecule has 1 aliphatic rings. The number of hydrogen-bond donors (Lipinski definition) is 2. The van der Waals surface area contributed by atoms with Gasteiger partial charge in [0, 0.05) is 19.4 Å². The number of ether oxygens (including phenoxy) is 2. The van der Waals surface area contributed by atoms with Gasteiger partial charge in [0.15, 0.2) is 0 Å². The van der Waals surface area contributed by atoms with Gasteiger partial charge in [0.2, 0.25) is 11.7 Å². The molecule has 0 radical (unpaired) electrons. The Labute approximate surface area is 106 Å². The van der Waals surface area contributed by atoms with E-state index < -0.39 is 17.7 Å². The molecular weight excluding hydrogens is 232 g/mol. The van der Waals surface area contributed by atoms with Gasteiger partial charge in [0.1, 0.15) is 5.75 Å². The minimum Gasteiger partial charge on any atom is -0.463 e. The van der Waals surface area contributed by atoms with Crippen molar-refractivity contribution >= 4 is 5.91 Å². The van der Waals surface area contributed by atoms with Crippen LogP contribution in [0.5, 0.6) is 5.75 Å². The number of primary amides is 1. The van der Waals surface area contributed by atoms with Gasteiger partial charge in [-0.15, -0.1) is 0 Å². The molecule has 1 heterocycles. The van der Waals surface area contributed by atoms with Crippen molar-refractivity contribution in [2.45, 2.75) is 38.7 Å². The highest BCUT2D eigenvalue weighted by molar-refractivity contribution is 5.79. The van der Waals surface area contributed by atoms with Crippen LogP contribution in [0.3, 0.4) is 0 Å². The normalized spacial score (nSPS) is 18.6. The van der Waals surface area contributed by atoms with Crippen molar-refractivity contribution in [3.63, 3.8) is 0 Å². The van der Waals surface area contributed by atoms with E-state index in [1.807, 2.05) is 32.0 Å². The molecule has 0 saturated carbocycles. The molecule has 1 amide bonds. The summed E-state index contributed by atoms with van der Waals surface area (Å²) in [7, 11) is 0. The lowest BCUT2D eigenvalue weighted by atomic mass is 10.0. The molecule has 5 heteroatoms. The Morgan fingerprint density at radius 1 is 1.50 bits per heavy atom. The second-order valence-corrected chi connectivity index (χ2v) is 4.95. The van der Waals surface area contributed by atoms with Crippen LogP contribution in [-0.4, -0.2) is 17.7 Å². The number of nitrogens with two attached hydrogens (primary N) is 2. The lowest BCUT2D eigenvalue weighted by Crippen LogP contribution is -2.38. The molecule has 4 N–H and O–H groups in total. The Balaban J connectivity index is 2.16. The quantitative estimate of drug-likeness (QED) is 0.826. The highest BCUT2D eigenvalue weighted by Gasteiger charge is 2.27. The van der Waals surface area contributed by atoms with Crippen LogP contribution >= 0.6 is 0 Å². The fraction of sp³-hybridized carbons (Fsp3) is 0.462. The van der Waals surface area contributed by atoms with Crippen molar-refractivity contribution in [2.75, 3.05) is 0 Å². The van der Waals surface area contributed by atoms with Crippen LogP contribution in [-0.2, 0) is 22.6 Å².